The van der Waals surface area contributed by atoms with Crippen LogP contribution in [-0.2, 0) is 25.2 Å². The highest BCUT2D eigenvalue weighted by Crippen LogP contribution is 2.44. The number of amides is 1. The van der Waals surface area contributed by atoms with Crippen LogP contribution in [0.1, 0.15) is 18.4 Å². The number of phosphoric ester groups is 1. The molecule has 0 aliphatic carbocycles. The van der Waals surface area contributed by atoms with Crippen molar-refractivity contribution >= 4 is 62.6 Å². The van der Waals surface area contributed by atoms with Gasteiger partial charge >= 0.3 is 19.6 Å². The number of halogens is 4. The van der Waals surface area contributed by atoms with Crippen molar-refractivity contribution in [1.29, 1.82) is 0 Å². The Morgan fingerprint density at radius 1 is 1.33 bits per heavy atom. The zero-order valence-corrected chi connectivity index (χ0v) is 21.8. The number of benzene rings is 1. The molecule has 0 saturated carbocycles. The van der Waals surface area contributed by atoms with E-state index in [-0.39, 0.29) is 12.4 Å². The number of alkyl halides is 2. The molecule has 36 heavy (non-hydrogen) atoms. The predicted octanol–water partition coefficient (Wildman–Crippen LogP) is 4.30. The first-order chi connectivity index (χ1) is 16.8. The summed E-state index contributed by atoms with van der Waals surface area (Å²) < 4.78 is 61.5. The molecule has 1 fully saturated rings. The van der Waals surface area contributed by atoms with Crippen molar-refractivity contribution in [1.82, 2.24) is 9.55 Å². The quantitative estimate of drug-likeness (QED) is 0.312. The number of hydrogen-bond donors (Lipinski definition) is 3. The van der Waals surface area contributed by atoms with Gasteiger partial charge in [0.05, 0.1) is 17.2 Å². The van der Waals surface area contributed by atoms with Crippen molar-refractivity contribution in [2.24, 2.45) is 0 Å². The number of anilines is 1. The van der Waals surface area contributed by atoms with Gasteiger partial charge in [-0.1, -0.05) is 15.9 Å². The van der Waals surface area contributed by atoms with Crippen molar-refractivity contribution in [3.05, 3.63) is 55.7 Å². The van der Waals surface area contributed by atoms with E-state index in [0.29, 0.717) is 20.4 Å². The van der Waals surface area contributed by atoms with Crippen LogP contribution in [0.2, 0.25) is 0 Å². The number of fused-ring (bicyclic) bond motifs is 1. The molecule has 2 atom stereocenters. The summed E-state index contributed by atoms with van der Waals surface area (Å²) in [5.74, 6) is -3.47. The smallest absolute Gasteiger partial charge is 0.456 e. The molecule has 1 aliphatic heterocycles. The summed E-state index contributed by atoms with van der Waals surface area (Å²) in [6, 6.07) is 6.37. The van der Waals surface area contributed by atoms with E-state index in [1.54, 1.807) is 12.1 Å². The molecule has 1 aromatic carbocycles. The van der Waals surface area contributed by atoms with E-state index < -0.39 is 50.9 Å². The fraction of sp³-hybridized carbons (Fsp3) is 0.316. The van der Waals surface area contributed by atoms with E-state index in [9.17, 15) is 22.9 Å². The summed E-state index contributed by atoms with van der Waals surface area (Å²) in [4.78, 5) is 45.4. The number of rotatable bonds is 7. The number of hydrogen-bond acceptors (Lipinski definition) is 8. The Labute approximate surface area is 217 Å². The summed E-state index contributed by atoms with van der Waals surface area (Å²) in [6.07, 6.45) is -4.44. The fourth-order valence-electron chi connectivity index (χ4n) is 3.42. The minimum atomic E-state index is -4.89. The monoisotopic (exact) mass is 657 g/mol. The van der Waals surface area contributed by atoms with Gasteiger partial charge in [-0.25, -0.2) is 22.9 Å². The summed E-state index contributed by atoms with van der Waals surface area (Å²) in [5, 5.41) is 2.98. The molecular formula is C19H16Br2F2N3O9P. The molecule has 0 bridgehead atoms. The Kier molecular flexibility index (Phi) is 7.67. The summed E-state index contributed by atoms with van der Waals surface area (Å²) >= 11 is 6.73. The standard InChI is InChI=1S/C19H16Br2F2N3O9P/c20-10-3-9-4-11(34-15(9)13(21)5-10)7-32-18(28)25-14-1-2-26(17(27)24-14)16-19(22,23)6-12(35-16)8-33-36(29,30)31/h1-5,12,16H,6-8H2,(H2,29,30,31)(H,24,25,27,28)/t12-,16+/m0/s1. The molecule has 0 radical (unpaired) electrons. The zero-order chi connectivity index (χ0) is 26.3. The van der Waals surface area contributed by atoms with Crippen LogP contribution in [0.25, 0.3) is 11.0 Å². The molecule has 12 nitrogen and oxygen atoms in total. The lowest BCUT2D eigenvalue weighted by atomic mass is 10.2. The number of carbonyl (C=O) groups is 1. The SMILES string of the molecule is O=C(Nc1ccn([C@@H]2O[C@H](COP(=O)(O)O)CC2(F)F)c(=O)n1)OCc1cc2cc(Br)cc(Br)c2o1. The van der Waals surface area contributed by atoms with Crippen LogP contribution in [0.3, 0.4) is 0 Å². The molecule has 2 aromatic heterocycles. The molecule has 1 amide bonds. The molecule has 0 spiro atoms. The lowest BCUT2D eigenvalue weighted by Crippen LogP contribution is -2.35. The van der Waals surface area contributed by atoms with Gasteiger partial charge in [-0.05, 0) is 40.2 Å². The van der Waals surface area contributed by atoms with Crippen molar-refractivity contribution in [2.45, 2.75) is 31.3 Å². The maximum Gasteiger partial charge on any atom is 0.469 e. The van der Waals surface area contributed by atoms with Crippen molar-refractivity contribution in [3.63, 3.8) is 0 Å². The summed E-state index contributed by atoms with van der Waals surface area (Å²) in [6.45, 7) is -1.04. The Hall–Kier alpha value is -2.20. The predicted molar refractivity (Wildman–Crippen MR) is 125 cm³/mol. The third-order valence-corrected chi connectivity index (χ3v) is 6.39. The first-order valence-corrected chi connectivity index (χ1v) is 13.1. The normalized spacial score (nSPS) is 19.5. The van der Waals surface area contributed by atoms with Gasteiger partial charge in [-0.3, -0.25) is 14.4 Å². The second kappa shape index (κ2) is 10.3. The molecule has 194 valence electrons. The largest absolute Gasteiger partial charge is 0.469 e. The van der Waals surface area contributed by atoms with E-state index in [4.69, 9.17) is 23.7 Å². The lowest BCUT2D eigenvalue weighted by Gasteiger charge is -2.20. The molecule has 3 aromatic rings. The number of aromatic nitrogens is 2. The molecule has 1 saturated heterocycles. The van der Waals surface area contributed by atoms with E-state index in [1.807, 2.05) is 6.07 Å². The third kappa shape index (κ3) is 6.37. The van der Waals surface area contributed by atoms with E-state index in [1.165, 1.54) is 0 Å². The zero-order valence-electron chi connectivity index (χ0n) is 17.8. The van der Waals surface area contributed by atoms with E-state index >= 15 is 0 Å². The fourth-order valence-corrected chi connectivity index (χ4v) is 5.12. The highest BCUT2D eigenvalue weighted by atomic mass is 79.9. The van der Waals surface area contributed by atoms with Crippen LogP contribution in [-0.4, -0.2) is 44.1 Å². The van der Waals surface area contributed by atoms with Gasteiger partial charge in [0.15, 0.2) is 6.61 Å². The van der Waals surface area contributed by atoms with Gasteiger partial charge < -0.3 is 23.7 Å². The molecular weight excluding hydrogens is 643 g/mol. The molecule has 3 heterocycles. The molecule has 1 aliphatic rings. The average Bonchev–Trinajstić information content (AvgIpc) is 3.30. The third-order valence-electron chi connectivity index (χ3n) is 4.86. The lowest BCUT2D eigenvalue weighted by molar-refractivity contribution is -0.119. The van der Waals surface area contributed by atoms with Crippen LogP contribution in [0.15, 0.2) is 48.6 Å². The second-order valence-electron chi connectivity index (χ2n) is 7.58. The second-order valence-corrected chi connectivity index (χ2v) is 10.6. The van der Waals surface area contributed by atoms with Crippen molar-refractivity contribution in [3.8, 4) is 0 Å². The van der Waals surface area contributed by atoms with Gasteiger partial charge in [0.1, 0.15) is 17.2 Å². The van der Waals surface area contributed by atoms with E-state index in [0.717, 1.165) is 22.1 Å². The van der Waals surface area contributed by atoms with Crippen LogP contribution < -0.4 is 11.0 Å². The van der Waals surface area contributed by atoms with Crippen molar-refractivity contribution < 1.29 is 46.3 Å². The minimum Gasteiger partial charge on any atom is -0.456 e. The van der Waals surface area contributed by atoms with Gasteiger partial charge in [0.25, 0.3) is 5.92 Å². The maximum absolute atomic E-state index is 14.4. The Balaban J connectivity index is 1.38. The Morgan fingerprint density at radius 3 is 2.78 bits per heavy atom. The highest BCUT2D eigenvalue weighted by molar-refractivity contribution is 9.11. The molecule has 0 unspecified atom stereocenters. The number of nitrogens with zero attached hydrogens (tertiary/aromatic N) is 2. The Bertz CT molecular complexity index is 1410. The van der Waals surface area contributed by atoms with Gasteiger partial charge in [-0.2, -0.15) is 4.98 Å². The molecule has 17 heteroatoms. The van der Waals surface area contributed by atoms with Crippen LogP contribution in [0.5, 0.6) is 0 Å². The van der Waals surface area contributed by atoms with Gasteiger partial charge in [-0.15, -0.1) is 0 Å². The van der Waals surface area contributed by atoms with Crippen LogP contribution in [0.4, 0.5) is 19.4 Å². The number of phosphoric acid groups is 1. The number of nitrogens with one attached hydrogen (secondary N) is 1. The van der Waals surface area contributed by atoms with E-state index in [2.05, 4.69) is 46.7 Å². The van der Waals surface area contributed by atoms with Gasteiger partial charge in [0, 0.05) is 22.5 Å². The molecule has 4 rings (SSSR count). The first-order valence-electron chi connectivity index (χ1n) is 9.94. The summed E-state index contributed by atoms with van der Waals surface area (Å²) in [7, 11) is -4.89. The number of furan rings is 1. The van der Waals surface area contributed by atoms with Gasteiger partial charge in [0.2, 0.25) is 6.23 Å². The van der Waals surface area contributed by atoms with Crippen molar-refractivity contribution in [2.75, 3.05) is 11.9 Å². The summed E-state index contributed by atoms with van der Waals surface area (Å²) in [5.41, 5.74) is -0.606. The number of carbonyl (C=O) groups excluding carboxylic acids is 1. The first kappa shape index (κ1) is 26.9. The maximum atomic E-state index is 14.4. The average molecular weight is 659 g/mol. The topological polar surface area (TPSA) is 162 Å². The van der Waals surface area contributed by atoms with Crippen LogP contribution >= 0.6 is 39.7 Å². The number of ether oxygens (including phenoxy) is 2. The molecule has 3 N–H and O–H groups in total. The Morgan fingerprint density at radius 2 is 2.08 bits per heavy atom. The highest BCUT2D eigenvalue weighted by Gasteiger charge is 2.52. The minimum absolute atomic E-state index is 0.234. The van der Waals surface area contributed by atoms with Crippen LogP contribution in [0, 0.1) is 0 Å².